The molecule has 2 atom stereocenters. The molecule has 1 aromatic carbocycles. The minimum atomic E-state index is -4.12. The minimum Gasteiger partial charge on any atom is -0.390 e. The normalized spacial score (nSPS) is 25.0. The topological polar surface area (TPSA) is 95.0 Å². The summed E-state index contributed by atoms with van der Waals surface area (Å²) in [5.74, 6) is -1.54. The highest BCUT2D eigenvalue weighted by atomic mass is 32.2. The smallest absolute Gasteiger partial charge is 0.256 e. The van der Waals surface area contributed by atoms with Crippen molar-refractivity contribution < 1.29 is 26.3 Å². The lowest BCUT2D eigenvalue weighted by atomic mass is 10.2. The molecule has 2 rings (SSSR count). The van der Waals surface area contributed by atoms with Crippen molar-refractivity contribution >= 4 is 19.9 Å². The van der Waals surface area contributed by atoms with Crippen molar-refractivity contribution in [1.82, 2.24) is 9.42 Å². The molecule has 1 aliphatic rings. The molecule has 0 radical (unpaired) electrons. The van der Waals surface area contributed by atoms with E-state index in [4.69, 9.17) is 0 Å². The van der Waals surface area contributed by atoms with E-state index in [1.54, 1.807) is 0 Å². The van der Waals surface area contributed by atoms with Crippen LogP contribution in [0.3, 0.4) is 0 Å². The Hall–Kier alpha value is -1.07. The molecule has 22 heavy (non-hydrogen) atoms. The molecule has 1 fully saturated rings. The predicted molar refractivity (Wildman–Crippen MR) is 77.6 cm³/mol. The molecule has 10 heteroatoms. The summed E-state index contributed by atoms with van der Waals surface area (Å²) >= 11 is 0. The second kappa shape index (κ2) is 5.85. The molecule has 0 saturated carbocycles. The second-order valence-corrected chi connectivity index (χ2v) is 9.24. The Kier molecular flexibility index (Phi) is 4.60. The van der Waals surface area contributed by atoms with Gasteiger partial charge in [0.15, 0.2) is 9.84 Å². The van der Waals surface area contributed by atoms with Gasteiger partial charge in [0.05, 0.1) is 28.5 Å². The van der Waals surface area contributed by atoms with Gasteiger partial charge in [-0.3, -0.25) is 0 Å². The van der Waals surface area contributed by atoms with Gasteiger partial charge in [0.1, 0.15) is 5.82 Å². The van der Waals surface area contributed by atoms with E-state index in [2.05, 4.69) is 0 Å². The van der Waals surface area contributed by atoms with Crippen LogP contribution >= 0.6 is 0 Å². The Morgan fingerprint density at radius 1 is 1.18 bits per heavy atom. The van der Waals surface area contributed by atoms with E-state index < -0.39 is 49.3 Å². The van der Waals surface area contributed by atoms with Crippen LogP contribution in [0.5, 0.6) is 0 Å². The first-order chi connectivity index (χ1) is 10.0. The van der Waals surface area contributed by atoms with Crippen LogP contribution in [0, 0.1) is 5.82 Å². The number of benzene rings is 1. The Bertz CT molecular complexity index is 746. The quantitative estimate of drug-likeness (QED) is 0.731. The average Bonchev–Trinajstić information content (AvgIpc) is 2.62. The zero-order valence-electron chi connectivity index (χ0n) is 12.0. The molecule has 0 aromatic heterocycles. The number of aliphatic hydroxyl groups is 1. The van der Waals surface area contributed by atoms with Crippen LogP contribution in [-0.4, -0.2) is 69.1 Å². The van der Waals surface area contributed by atoms with Crippen molar-refractivity contribution in [3.8, 4) is 0 Å². The van der Waals surface area contributed by atoms with Gasteiger partial charge in [0, 0.05) is 14.1 Å². The van der Waals surface area contributed by atoms with Gasteiger partial charge < -0.3 is 5.11 Å². The Morgan fingerprint density at radius 2 is 1.73 bits per heavy atom. The number of hydrogen-bond donors (Lipinski definition) is 1. The van der Waals surface area contributed by atoms with Gasteiger partial charge >= 0.3 is 0 Å². The molecule has 0 spiro atoms. The van der Waals surface area contributed by atoms with Crippen LogP contribution in [0.25, 0.3) is 0 Å². The third-order valence-corrected chi connectivity index (χ3v) is 6.99. The summed E-state index contributed by atoms with van der Waals surface area (Å²) in [6, 6.07) is 3.08. The number of sulfone groups is 1. The molecule has 0 bridgehead atoms. The number of sulfonamides is 1. The number of nitrogens with zero attached hydrogens (tertiary/aromatic N) is 2. The first-order valence-corrected chi connectivity index (χ1v) is 9.66. The summed E-state index contributed by atoms with van der Waals surface area (Å²) < 4.78 is 62.4. The van der Waals surface area contributed by atoms with Crippen molar-refractivity contribution in [3.05, 3.63) is 30.1 Å². The Balaban J connectivity index is 2.46. The number of hydrogen-bond acceptors (Lipinski definition) is 6. The highest BCUT2D eigenvalue weighted by Crippen LogP contribution is 2.26. The van der Waals surface area contributed by atoms with Gasteiger partial charge in [0.2, 0.25) is 0 Å². The molecule has 7 nitrogen and oxygen atoms in total. The number of rotatable bonds is 4. The molecule has 0 amide bonds. The van der Waals surface area contributed by atoms with E-state index in [0.29, 0.717) is 0 Å². The molecular formula is C12H17FN2O5S2. The summed E-state index contributed by atoms with van der Waals surface area (Å²) in [5.41, 5.74) is 0. The molecule has 0 unspecified atom stereocenters. The van der Waals surface area contributed by atoms with E-state index >= 15 is 0 Å². The first-order valence-electron chi connectivity index (χ1n) is 6.40. The molecule has 1 aromatic rings. The van der Waals surface area contributed by atoms with Crippen LogP contribution < -0.4 is 0 Å². The standard InChI is InChI=1S/C12H17FN2O5S2/c1-14(2)15(11-7-21(17,18)8-12(11)16)22(19,20)10-5-3-9(13)4-6-10/h3-6,11-12,16H,7-8H2,1-2H3/t11-,12+/m1/s1. The second-order valence-electron chi connectivity index (χ2n) is 5.29. The van der Waals surface area contributed by atoms with Crippen LogP contribution in [0.4, 0.5) is 4.39 Å². The summed E-state index contributed by atoms with van der Waals surface area (Å²) in [6.07, 6.45) is -1.32. The molecule has 124 valence electrons. The van der Waals surface area contributed by atoms with E-state index in [-0.39, 0.29) is 4.90 Å². The van der Waals surface area contributed by atoms with Crippen molar-refractivity contribution in [2.45, 2.75) is 17.0 Å². The van der Waals surface area contributed by atoms with Crippen LogP contribution in [0.15, 0.2) is 29.2 Å². The van der Waals surface area contributed by atoms with Gasteiger partial charge in [-0.05, 0) is 24.3 Å². The molecule has 1 aliphatic heterocycles. The molecule has 1 saturated heterocycles. The number of hydrazine groups is 1. The van der Waals surface area contributed by atoms with Gasteiger partial charge in [-0.15, -0.1) is 4.41 Å². The zero-order valence-corrected chi connectivity index (χ0v) is 13.7. The third kappa shape index (κ3) is 3.30. The summed E-state index contributed by atoms with van der Waals surface area (Å²) in [5, 5.41) is 11.1. The maximum Gasteiger partial charge on any atom is 0.256 e. The fraction of sp³-hybridized carbons (Fsp3) is 0.500. The average molecular weight is 352 g/mol. The third-order valence-electron chi connectivity index (χ3n) is 3.33. The van der Waals surface area contributed by atoms with Gasteiger partial charge in [-0.2, -0.15) is 0 Å². The molecule has 0 aliphatic carbocycles. The Labute approximate surface area is 128 Å². The molecule has 1 N–H and O–H groups in total. The van der Waals surface area contributed by atoms with Crippen molar-refractivity contribution in [1.29, 1.82) is 0 Å². The Morgan fingerprint density at radius 3 is 2.14 bits per heavy atom. The van der Waals surface area contributed by atoms with E-state index in [1.807, 2.05) is 0 Å². The van der Waals surface area contributed by atoms with Crippen molar-refractivity contribution in [2.24, 2.45) is 0 Å². The van der Waals surface area contributed by atoms with Gasteiger partial charge in [-0.25, -0.2) is 26.2 Å². The maximum atomic E-state index is 13.0. The van der Waals surface area contributed by atoms with E-state index in [0.717, 1.165) is 28.7 Å². The fourth-order valence-electron chi connectivity index (χ4n) is 2.43. The lowest BCUT2D eigenvalue weighted by Gasteiger charge is -2.33. The maximum absolute atomic E-state index is 13.0. The van der Waals surface area contributed by atoms with Crippen LogP contribution in [-0.2, 0) is 19.9 Å². The van der Waals surface area contributed by atoms with E-state index in [1.165, 1.54) is 19.1 Å². The largest absolute Gasteiger partial charge is 0.390 e. The predicted octanol–water partition coefficient (Wildman–Crippen LogP) is -0.549. The van der Waals surface area contributed by atoms with Crippen LogP contribution in [0.1, 0.15) is 0 Å². The van der Waals surface area contributed by atoms with Crippen molar-refractivity contribution in [3.63, 3.8) is 0 Å². The highest BCUT2D eigenvalue weighted by molar-refractivity contribution is 7.92. The highest BCUT2D eigenvalue weighted by Gasteiger charge is 2.46. The SMILES string of the molecule is CN(C)N([C@@H]1CS(=O)(=O)C[C@@H]1O)S(=O)(=O)c1ccc(F)cc1. The monoisotopic (exact) mass is 352 g/mol. The van der Waals surface area contributed by atoms with Gasteiger partial charge in [0.25, 0.3) is 10.0 Å². The summed E-state index contributed by atoms with van der Waals surface area (Å²) in [6.45, 7) is 0. The first kappa shape index (κ1) is 17.3. The lowest BCUT2D eigenvalue weighted by molar-refractivity contribution is 0.0272. The number of halogens is 1. The van der Waals surface area contributed by atoms with Crippen LogP contribution in [0.2, 0.25) is 0 Å². The summed E-state index contributed by atoms with van der Waals surface area (Å²) in [7, 11) is -4.77. The minimum absolute atomic E-state index is 0.181. The summed E-state index contributed by atoms with van der Waals surface area (Å²) in [4.78, 5) is -0.181. The fourth-order valence-corrected chi connectivity index (χ4v) is 5.98. The lowest BCUT2D eigenvalue weighted by Crippen LogP contribution is -2.53. The number of aliphatic hydroxyl groups excluding tert-OH is 1. The van der Waals surface area contributed by atoms with Gasteiger partial charge in [-0.1, -0.05) is 0 Å². The van der Waals surface area contributed by atoms with Crippen molar-refractivity contribution in [2.75, 3.05) is 25.6 Å². The molecular weight excluding hydrogens is 335 g/mol. The molecule has 1 heterocycles. The zero-order chi connectivity index (χ0) is 16.7. The van der Waals surface area contributed by atoms with E-state index in [9.17, 15) is 26.3 Å².